The van der Waals surface area contributed by atoms with E-state index < -0.39 is 6.10 Å². The van der Waals surface area contributed by atoms with Crippen molar-refractivity contribution in [2.75, 3.05) is 13.1 Å². The number of pyridine rings is 2. The maximum absolute atomic E-state index is 10.6. The Morgan fingerprint density at radius 1 is 1.16 bits per heavy atom. The Morgan fingerprint density at radius 3 is 2.72 bits per heavy atom. The number of aliphatic hydroxyl groups excluding tert-OH is 1. The zero-order valence-electron chi connectivity index (χ0n) is 14.5. The Labute approximate surface area is 148 Å². The van der Waals surface area contributed by atoms with Crippen molar-refractivity contribution in [1.82, 2.24) is 19.3 Å². The quantitative estimate of drug-likeness (QED) is 0.796. The van der Waals surface area contributed by atoms with Crippen LogP contribution in [-0.2, 0) is 6.54 Å². The number of aliphatic hydroxyl groups is 1. The number of fused-ring (bicyclic) bond motifs is 1. The molecule has 3 aromatic rings. The topological polar surface area (TPSA) is 53.7 Å². The molecule has 5 heteroatoms. The third-order valence-corrected chi connectivity index (χ3v) is 5.27. The van der Waals surface area contributed by atoms with Crippen molar-refractivity contribution in [2.24, 2.45) is 5.92 Å². The van der Waals surface area contributed by atoms with Crippen molar-refractivity contribution in [3.05, 3.63) is 65.9 Å². The molecular formula is C20H24N4O. The van der Waals surface area contributed by atoms with E-state index in [1.807, 2.05) is 36.4 Å². The normalized spacial score (nSPS) is 17.8. The lowest BCUT2D eigenvalue weighted by Crippen LogP contribution is -2.35. The molecule has 0 aliphatic carbocycles. The minimum absolute atomic E-state index is 0.287. The van der Waals surface area contributed by atoms with Crippen LogP contribution in [0.25, 0.3) is 5.65 Å². The Balaban J connectivity index is 1.41. The molecule has 25 heavy (non-hydrogen) atoms. The van der Waals surface area contributed by atoms with Crippen molar-refractivity contribution >= 4 is 5.65 Å². The molecular weight excluding hydrogens is 312 g/mol. The Morgan fingerprint density at radius 2 is 1.96 bits per heavy atom. The fraction of sp³-hybridized carbons (Fsp3) is 0.400. The number of hydrogen-bond donors (Lipinski definition) is 1. The van der Waals surface area contributed by atoms with Crippen LogP contribution < -0.4 is 0 Å². The minimum atomic E-state index is -0.458. The summed E-state index contributed by atoms with van der Waals surface area (Å²) in [5.74, 6) is 0.287. The first-order valence-electron chi connectivity index (χ1n) is 8.96. The Bertz CT molecular complexity index is 837. The number of imidazole rings is 1. The average Bonchev–Trinajstić information content (AvgIpc) is 2.98. The average molecular weight is 336 g/mol. The lowest BCUT2D eigenvalue weighted by atomic mass is 9.89. The van der Waals surface area contributed by atoms with E-state index >= 15 is 0 Å². The first-order valence-corrected chi connectivity index (χ1v) is 8.96. The predicted molar refractivity (Wildman–Crippen MR) is 97.1 cm³/mol. The van der Waals surface area contributed by atoms with Gasteiger partial charge < -0.3 is 9.51 Å². The van der Waals surface area contributed by atoms with Gasteiger partial charge in [0.1, 0.15) is 5.65 Å². The molecule has 0 spiro atoms. The second-order valence-corrected chi connectivity index (χ2v) is 6.89. The van der Waals surface area contributed by atoms with Gasteiger partial charge in [-0.15, -0.1) is 0 Å². The molecule has 0 amide bonds. The van der Waals surface area contributed by atoms with Crippen molar-refractivity contribution in [3.8, 4) is 0 Å². The Hall–Kier alpha value is -2.24. The van der Waals surface area contributed by atoms with Crippen LogP contribution >= 0.6 is 0 Å². The third-order valence-electron chi connectivity index (χ3n) is 5.27. The maximum atomic E-state index is 10.6. The van der Waals surface area contributed by atoms with E-state index in [2.05, 4.69) is 32.4 Å². The molecule has 1 atom stereocenters. The molecule has 4 rings (SSSR count). The molecule has 1 aliphatic rings. The van der Waals surface area contributed by atoms with Crippen molar-refractivity contribution in [3.63, 3.8) is 0 Å². The van der Waals surface area contributed by atoms with Gasteiger partial charge >= 0.3 is 0 Å². The van der Waals surface area contributed by atoms with Crippen LogP contribution in [0.5, 0.6) is 0 Å². The highest BCUT2D eigenvalue weighted by Gasteiger charge is 2.27. The van der Waals surface area contributed by atoms with E-state index in [1.54, 1.807) is 6.20 Å². The molecule has 0 aromatic carbocycles. The summed E-state index contributed by atoms with van der Waals surface area (Å²) < 4.78 is 2.18. The molecule has 0 saturated carbocycles. The molecule has 1 saturated heterocycles. The lowest BCUT2D eigenvalue weighted by molar-refractivity contribution is 0.0535. The van der Waals surface area contributed by atoms with Gasteiger partial charge in [0, 0.05) is 18.9 Å². The molecule has 0 bridgehead atoms. The number of rotatable bonds is 4. The van der Waals surface area contributed by atoms with E-state index in [0.717, 1.165) is 49.5 Å². The molecule has 1 aliphatic heterocycles. The molecule has 130 valence electrons. The van der Waals surface area contributed by atoms with Crippen molar-refractivity contribution in [2.45, 2.75) is 32.4 Å². The van der Waals surface area contributed by atoms with Gasteiger partial charge in [-0.25, -0.2) is 4.98 Å². The van der Waals surface area contributed by atoms with E-state index in [-0.39, 0.29) is 5.92 Å². The minimum Gasteiger partial charge on any atom is -0.387 e. The van der Waals surface area contributed by atoms with E-state index in [1.165, 1.54) is 5.69 Å². The zero-order chi connectivity index (χ0) is 17.2. The lowest BCUT2D eigenvalue weighted by Gasteiger charge is -2.34. The zero-order valence-corrected chi connectivity index (χ0v) is 14.5. The van der Waals surface area contributed by atoms with E-state index in [9.17, 15) is 5.11 Å². The van der Waals surface area contributed by atoms with Gasteiger partial charge in [0.05, 0.1) is 23.2 Å². The smallest absolute Gasteiger partial charge is 0.137 e. The molecule has 5 nitrogen and oxygen atoms in total. The molecule has 4 heterocycles. The predicted octanol–water partition coefficient (Wildman–Crippen LogP) is 2.98. The van der Waals surface area contributed by atoms with E-state index in [0.29, 0.717) is 0 Å². The number of nitrogens with zero attached hydrogens (tertiary/aromatic N) is 4. The van der Waals surface area contributed by atoms with Gasteiger partial charge in [0.25, 0.3) is 0 Å². The first kappa shape index (κ1) is 16.2. The monoisotopic (exact) mass is 336 g/mol. The summed E-state index contributed by atoms with van der Waals surface area (Å²) in [6.45, 7) is 4.98. The van der Waals surface area contributed by atoms with Crippen LogP contribution in [0.15, 0.2) is 48.8 Å². The summed E-state index contributed by atoms with van der Waals surface area (Å²) in [5.41, 5.74) is 4.16. The Kier molecular flexibility index (Phi) is 4.51. The summed E-state index contributed by atoms with van der Waals surface area (Å²) in [6.07, 6.45) is 5.37. The highest BCUT2D eigenvalue weighted by atomic mass is 16.3. The highest BCUT2D eigenvalue weighted by Crippen LogP contribution is 2.30. The number of aryl methyl sites for hydroxylation is 1. The number of likely N-dealkylation sites (tertiary alicyclic amines) is 1. The molecule has 3 aromatic heterocycles. The fourth-order valence-electron chi connectivity index (χ4n) is 3.79. The summed E-state index contributed by atoms with van der Waals surface area (Å²) in [6, 6.07) is 11.9. The van der Waals surface area contributed by atoms with Crippen molar-refractivity contribution < 1.29 is 5.11 Å². The van der Waals surface area contributed by atoms with Crippen molar-refractivity contribution in [1.29, 1.82) is 0 Å². The van der Waals surface area contributed by atoms with E-state index in [4.69, 9.17) is 0 Å². The maximum Gasteiger partial charge on any atom is 0.137 e. The molecule has 1 fully saturated rings. The van der Waals surface area contributed by atoms with Gasteiger partial charge in [-0.1, -0.05) is 12.1 Å². The van der Waals surface area contributed by atoms with Gasteiger partial charge in [0.2, 0.25) is 0 Å². The fourth-order valence-corrected chi connectivity index (χ4v) is 3.79. The first-order chi connectivity index (χ1) is 12.2. The second kappa shape index (κ2) is 6.94. The molecule has 0 radical (unpaired) electrons. The number of piperidine rings is 1. The van der Waals surface area contributed by atoms with Crippen LogP contribution in [0, 0.1) is 12.8 Å². The standard InChI is InChI=1S/C20H24N4O/c1-15-18(24-11-5-3-7-19(24)22-15)14-23-12-8-16(9-13-23)20(25)17-6-2-4-10-21-17/h2-7,10-11,16,20,25H,8-9,12-14H2,1H3/t20-/m1/s1. The van der Waals surface area contributed by atoms with Gasteiger partial charge in [-0.3, -0.25) is 9.88 Å². The van der Waals surface area contributed by atoms with Crippen LogP contribution in [0.1, 0.15) is 36.0 Å². The number of aromatic nitrogens is 3. The van der Waals surface area contributed by atoms with Crippen LogP contribution in [-0.4, -0.2) is 37.5 Å². The van der Waals surface area contributed by atoms with Gasteiger partial charge in [-0.2, -0.15) is 0 Å². The summed E-state index contributed by atoms with van der Waals surface area (Å²) in [7, 11) is 0. The SMILES string of the molecule is Cc1nc2ccccn2c1CN1CCC([C@@H](O)c2ccccn2)CC1. The molecule has 0 unspecified atom stereocenters. The number of hydrogen-bond acceptors (Lipinski definition) is 4. The summed E-state index contributed by atoms with van der Waals surface area (Å²) >= 11 is 0. The van der Waals surface area contributed by atoms with Gasteiger partial charge in [-0.05, 0) is 63.0 Å². The molecule has 1 N–H and O–H groups in total. The van der Waals surface area contributed by atoms with Gasteiger partial charge in [0.15, 0.2) is 0 Å². The largest absolute Gasteiger partial charge is 0.387 e. The second-order valence-electron chi connectivity index (χ2n) is 6.89. The van der Waals surface area contributed by atoms with Crippen LogP contribution in [0.4, 0.5) is 0 Å². The summed E-state index contributed by atoms with van der Waals surface area (Å²) in [4.78, 5) is 11.4. The highest BCUT2D eigenvalue weighted by molar-refractivity contribution is 5.42. The van der Waals surface area contributed by atoms with Crippen LogP contribution in [0.3, 0.4) is 0 Å². The summed E-state index contributed by atoms with van der Waals surface area (Å²) in [5, 5.41) is 10.6. The third kappa shape index (κ3) is 3.30. The van der Waals surface area contributed by atoms with Crippen LogP contribution in [0.2, 0.25) is 0 Å².